The molecular formula is C17H14N4O. The fraction of sp³-hybridized carbons (Fsp3) is 0.0588. The van der Waals surface area contributed by atoms with Gasteiger partial charge in [0.25, 0.3) is 5.91 Å². The molecule has 4 rings (SSSR count). The predicted molar refractivity (Wildman–Crippen MR) is 86.8 cm³/mol. The van der Waals surface area contributed by atoms with Crippen LogP contribution in [0.5, 0.6) is 0 Å². The van der Waals surface area contributed by atoms with Gasteiger partial charge in [0.1, 0.15) is 0 Å². The summed E-state index contributed by atoms with van der Waals surface area (Å²) in [6.07, 6.45) is 1.97. The molecule has 0 aliphatic heterocycles. The van der Waals surface area contributed by atoms with Crippen molar-refractivity contribution in [2.45, 2.75) is 0 Å². The number of carbonyl (C=O) groups excluding carboxylic acids is 1. The summed E-state index contributed by atoms with van der Waals surface area (Å²) in [4.78, 5) is 17.1. The van der Waals surface area contributed by atoms with Crippen molar-refractivity contribution >= 4 is 33.8 Å². The average molecular weight is 290 g/mol. The molecule has 2 aromatic carbocycles. The van der Waals surface area contributed by atoms with Gasteiger partial charge in [-0.25, -0.2) is 9.55 Å². The number of aryl methyl sites for hydroxylation is 1. The molecule has 108 valence electrons. The molecule has 5 heteroatoms. The van der Waals surface area contributed by atoms with E-state index in [4.69, 9.17) is 5.73 Å². The number of hydrogen-bond donors (Lipinski definition) is 1. The summed E-state index contributed by atoms with van der Waals surface area (Å²) in [6.45, 7) is 0. The van der Waals surface area contributed by atoms with Crippen LogP contribution >= 0.6 is 0 Å². The molecule has 0 aliphatic rings. The summed E-state index contributed by atoms with van der Waals surface area (Å²) in [5.41, 5.74) is 8.97. The molecule has 2 aromatic heterocycles. The number of aromatic nitrogens is 3. The molecule has 0 spiro atoms. The largest absolute Gasteiger partial charge is 0.369 e. The van der Waals surface area contributed by atoms with Crippen molar-refractivity contribution in [2.24, 2.45) is 7.05 Å². The molecule has 0 bridgehead atoms. The Morgan fingerprint density at radius 3 is 2.77 bits per heavy atom. The zero-order chi connectivity index (χ0) is 15.3. The van der Waals surface area contributed by atoms with E-state index in [2.05, 4.69) is 4.98 Å². The quantitative estimate of drug-likeness (QED) is 0.586. The Morgan fingerprint density at radius 1 is 1.09 bits per heavy atom. The minimum absolute atomic E-state index is 0.172. The van der Waals surface area contributed by atoms with E-state index in [9.17, 15) is 4.79 Å². The molecule has 2 heterocycles. The second-order valence-electron chi connectivity index (χ2n) is 5.30. The Morgan fingerprint density at radius 2 is 1.91 bits per heavy atom. The number of hydrogen-bond acceptors (Lipinski definition) is 3. The first-order valence-corrected chi connectivity index (χ1v) is 6.98. The molecule has 0 unspecified atom stereocenters. The van der Waals surface area contributed by atoms with Gasteiger partial charge in [0, 0.05) is 24.3 Å². The van der Waals surface area contributed by atoms with Gasteiger partial charge < -0.3 is 10.3 Å². The number of nitrogen functional groups attached to an aromatic ring is 1. The summed E-state index contributed by atoms with van der Waals surface area (Å²) in [7, 11) is 1.96. The van der Waals surface area contributed by atoms with E-state index >= 15 is 0 Å². The second kappa shape index (κ2) is 4.46. The monoisotopic (exact) mass is 290 g/mol. The second-order valence-corrected chi connectivity index (χ2v) is 5.30. The van der Waals surface area contributed by atoms with Gasteiger partial charge in [-0.15, -0.1) is 0 Å². The van der Waals surface area contributed by atoms with E-state index in [1.807, 2.05) is 66.3 Å². The van der Waals surface area contributed by atoms with Gasteiger partial charge in [-0.3, -0.25) is 4.79 Å². The standard InChI is InChI=1S/C17H14N4O/c1-20-9-8-11-6-7-12(10-15(11)20)16(22)21-14-5-3-2-4-13(14)19-17(21)18/h2-10H,1H3,(H2,18,19). The van der Waals surface area contributed by atoms with Crippen LogP contribution in [0.4, 0.5) is 5.95 Å². The summed E-state index contributed by atoms with van der Waals surface area (Å²) < 4.78 is 3.45. The van der Waals surface area contributed by atoms with E-state index < -0.39 is 0 Å². The van der Waals surface area contributed by atoms with Crippen molar-refractivity contribution in [2.75, 3.05) is 5.73 Å². The Kier molecular flexibility index (Phi) is 2.56. The number of fused-ring (bicyclic) bond motifs is 2. The number of nitrogens with zero attached hydrogens (tertiary/aromatic N) is 3. The normalized spacial score (nSPS) is 11.3. The molecule has 0 aliphatic carbocycles. The average Bonchev–Trinajstić information content (AvgIpc) is 3.06. The van der Waals surface area contributed by atoms with E-state index in [0.29, 0.717) is 11.1 Å². The Balaban J connectivity index is 1.91. The number of imidazole rings is 1. The fourth-order valence-electron chi connectivity index (χ4n) is 2.78. The first-order valence-electron chi connectivity index (χ1n) is 6.98. The van der Waals surface area contributed by atoms with Crippen LogP contribution in [0.15, 0.2) is 54.7 Å². The van der Waals surface area contributed by atoms with Crippen molar-refractivity contribution in [3.05, 3.63) is 60.3 Å². The highest BCUT2D eigenvalue weighted by molar-refractivity contribution is 6.05. The maximum absolute atomic E-state index is 12.9. The van der Waals surface area contributed by atoms with Crippen LogP contribution in [-0.2, 0) is 7.05 Å². The van der Waals surface area contributed by atoms with Crippen LogP contribution < -0.4 is 5.73 Å². The number of anilines is 1. The zero-order valence-electron chi connectivity index (χ0n) is 12.0. The van der Waals surface area contributed by atoms with Gasteiger partial charge in [-0.1, -0.05) is 18.2 Å². The van der Waals surface area contributed by atoms with Gasteiger partial charge in [-0.2, -0.15) is 0 Å². The van der Waals surface area contributed by atoms with E-state index in [1.54, 1.807) is 0 Å². The number of para-hydroxylation sites is 2. The van der Waals surface area contributed by atoms with E-state index in [1.165, 1.54) is 4.57 Å². The van der Waals surface area contributed by atoms with Crippen LogP contribution in [0.25, 0.3) is 21.9 Å². The lowest BCUT2D eigenvalue weighted by Gasteiger charge is -2.06. The molecule has 0 saturated heterocycles. The van der Waals surface area contributed by atoms with Crippen LogP contribution in [0.2, 0.25) is 0 Å². The Bertz CT molecular complexity index is 1030. The van der Waals surface area contributed by atoms with Crippen molar-refractivity contribution in [1.29, 1.82) is 0 Å². The van der Waals surface area contributed by atoms with Gasteiger partial charge >= 0.3 is 0 Å². The van der Waals surface area contributed by atoms with Crippen molar-refractivity contribution in [3.63, 3.8) is 0 Å². The summed E-state index contributed by atoms with van der Waals surface area (Å²) in [6, 6.07) is 15.1. The Labute approximate surface area is 126 Å². The Hall–Kier alpha value is -3.08. The molecule has 0 atom stereocenters. The van der Waals surface area contributed by atoms with Crippen LogP contribution in [-0.4, -0.2) is 20.0 Å². The van der Waals surface area contributed by atoms with Crippen molar-refractivity contribution in [3.8, 4) is 0 Å². The third-order valence-electron chi connectivity index (χ3n) is 3.92. The minimum Gasteiger partial charge on any atom is -0.369 e. The molecule has 0 radical (unpaired) electrons. The van der Waals surface area contributed by atoms with Gasteiger partial charge in [0.2, 0.25) is 5.95 Å². The van der Waals surface area contributed by atoms with Gasteiger partial charge in [0.15, 0.2) is 0 Å². The highest BCUT2D eigenvalue weighted by Crippen LogP contribution is 2.22. The number of rotatable bonds is 1. The maximum atomic E-state index is 12.9. The highest BCUT2D eigenvalue weighted by atomic mass is 16.2. The summed E-state index contributed by atoms with van der Waals surface area (Å²) >= 11 is 0. The number of carbonyl (C=O) groups is 1. The molecule has 4 aromatic rings. The van der Waals surface area contributed by atoms with Crippen LogP contribution in [0.1, 0.15) is 10.4 Å². The predicted octanol–water partition coefficient (Wildman–Crippen LogP) is 2.80. The lowest BCUT2D eigenvalue weighted by Crippen LogP contribution is -2.14. The topological polar surface area (TPSA) is 65.8 Å². The third-order valence-corrected chi connectivity index (χ3v) is 3.92. The summed E-state index contributed by atoms with van der Waals surface area (Å²) in [5, 5.41) is 1.10. The number of benzene rings is 2. The first-order chi connectivity index (χ1) is 10.6. The lowest BCUT2D eigenvalue weighted by molar-refractivity contribution is 0.0967. The van der Waals surface area contributed by atoms with Gasteiger partial charge in [-0.05, 0) is 35.7 Å². The molecule has 0 fully saturated rings. The molecule has 0 saturated carbocycles. The molecular weight excluding hydrogens is 276 g/mol. The zero-order valence-corrected chi connectivity index (χ0v) is 12.0. The molecule has 2 N–H and O–H groups in total. The molecule has 5 nitrogen and oxygen atoms in total. The smallest absolute Gasteiger partial charge is 0.265 e. The minimum atomic E-state index is -0.172. The summed E-state index contributed by atoms with van der Waals surface area (Å²) in [5.74, 6) is 0.0347. The lowest BCUT2D eigenvalue weighted by atomic mass is 10.1. The SMILES string of the molecule is Cn1ccc2ccc(C(=O)n3c(N)nc4ccccc43)cc21. The fourth-order valence-corrected chi connectivity index (χ4v) is 2.78. The third kappa shape index (κ3) is 1.72. The number of nitrogens with two attached hydrogens (primary N) is 1. The van der Waals surface area contributed by atoms with Crippen molar-refractivity contribution < 1.29 is 4.79 Å². The van der Waals surface area contributed by atoms with Crippen LogP contribution in [0, 0.1) is 0 Å². The molecule has 0 amide bonds. The van der Waals surface area contributed by atoms with Gasteiger partial charge in [0.05, 0.1) is 11.0 Å². The van der Waals surface area contributed by atoms with E-state index in [-0.39, 0.29) is 11.9 Å². The van der Waals surface area contributed by atoms with E-state index in [0.717, 1.165) is 16.4 Å². The first kappa shape index (κ1) is 12.6. The maximum Gasteiger partial charge on any atom is 0.265 e. The molecule has 22 heavy (non-hydrogen) atoms. The van der Waals surface area contributed by atoms with Crippen molar-refractivity contribution in [1.82, 2.24) is 14.1 Å². The van der Waals surface area contributed by atoms with Crippen LogP contribution in [0.3, 0.4) is 0 Å². The highest BCUT2D eigenvalue weighted by Gasteiger charge is 2.17.